The predicted octanol–water partition coefficient (Wildman–Crippen LogP) is 3.16. The summed E-state index contributed by atoms with van der Waals surface area (Å²) in [4.78, 5) is 4.59. The van der Waals surface area contributed by atoms with Crippen molar-refractivity contribution in [3.05, 3.63) is 22.9 Å². The standard InChI is InChI=1S/C12H13ClN2S/c1-8(6-13)16-12-10(7-14)5-9-3-2-4-11(9)15-12/h5,8H,2-4,6H2,1H3. The van der Waals surface area contributed by atoms with Crippen molar-refractivity contribution in [3.63, 3.8) is 0 Å². The molecule has 84 valence electrons. The van der Waals surface area contributed by atoms with Gasteiger partial charge < -0.3 is 0 Å². The zero-order valence-corrected chi connectivity index (χ0v) is 10.7. The zero-order valence-electron chi connectivity index (χ0n) is 9.16. The van der Waals surface area contributed by atoms with Crippen LogP contribution in [0, 0.1) is 11.3 Å². The molecule has 1 aromatic heterocycles. The van der Waals surface area contributed by atoms with Gasteiger partial charge in [-0.2, -0.15) is 5.26 Å². The summed E-state index contributed by atoms with van der Waals surface area (Å²) in [7, 11) is 0. The van der Waals surface area contributed by atoms with Crippen LogP contribution in [0.3, 0.4) is 0 Å². The average Bonchev–Trinajstić information content (AvgIpc) is 2.74. The van der Waals surface area contributed by atoms with Crippen LogP contribution in [-0.2, 0) is 12.8 Å². The third-order valence-electron chi connectivity index (χ3n) is 2.67. The van der Waals surface area contributed by atoms with E-state index in [0.29, 0.717) is 16.7 Å². The lowest BCUT2D eigenvalue weighted by Gasteiger charge is -2.09. The summed E-state index contributed by atoms with van der Waals surface area (Å²) in [6.07, 6.45) is 3.27. The molecule has 0 bridgehead atoms. The van der Waals surface area contributed by atoms with Crippen molar-refractivity contribution in [2.45, 2.75) is 36.5 Å². The van der Waals surface area contributed by atoms with E-state index in [2.05, 4.69) is 11.1 Å². The Morgan fingerprint density at radius 3 is 3.12 bits per heavy atom. The lowest BCUT2D eigenvalue weighted by atomic mass is 10.2. The van der Waals surface area contributed by atoms with Crippen molar-refractivity contribution in [1.82, 2.24) is 4.98 Å². The first-order chi connectivity index (χ1) is 7.74. The van der Waals surface area contributed by atoms with Gasteiger partial charge in [-0.1, -0.05) is 6.92 Å². The smallest absolute Gasteiger partial charge is 0.114 e. The van der Waals surface area contributed by atoms with E-state index in [1.807, 2.05) is 13.0 Å². The molecule has 0 aliphatic heterocycles. The molecule has 0 amide bonds. The van der Waals surface area contributed by atoms with Crippen LogP contribution in [0.5, 0.6) is 0 Å². The molecule has 1 unspecified atom stereocenters. The van der Waals surface area contributed by atoms with E-state index < -0.39 is 0 Å². The summed E-state index contributed by atoms with van der Waals surface area (Å²) in [6, 6.07) is 4.23. The number of hydrogen-bond donors (Lipinski definition) is 0. The molecule has 16 heavy (non-hydrogen) atoms. The number of halogens is 1. The molecule has 0 saturated carbocycles. The lowest BCUT2D eigenvalue weighted by molar-refractivity contribution is 0.890. The van der Waals surface area contributed by atoms with E-state index in [4.69, 9.17) is 16.9 Å². The molecule has 0 N–H and O–H groups in total. The normalized spacial score (nSPS) is 15.6. The molecule has 1 aromatic rings. The number of rotatable bonds is 3. The van der Waals surface area contributed by atoms with E-state index >= 15 is 0 Å². The van der Waals surface area contributed by atoms with Crippen LogP contribution in [0.15, 0.2) is 11.1 Å². The quantitative estimate of drug-likeness (QED) is 0.613. The molecular formula is C12H13ClN2S. The number of fused-ring (bicyclic) bond motifs is 1. The van der Waals surface area contributed by atoms with Gasteiger partial charge in [0.15, 0.2) is 0 Å². The zero-order chi connectivity index (χ0) is 11.5. The second kappa shape index (κ2) is 5.07. The number of hydrogen-bond acceptors (Lipinski definition) is 3. The summed E-state index contributed by atoms with van der Waals surface area (Å²) >= 11 is 7.38. The third kappa shape index (κ3) is 2.34. The van der Waals surface area contributed by atoms with E-state index in [9.17, 15) is 0 Å². The molecule has 0 spiro atoms. The first kappa shape index (κ1) is 11.8. The number of nitriles is 1. The topological polar surface area (TPSA) is 36.7 Å². The van der Waals surface area contributed by atoms with E-state index in [0.717, 1.165) is 24.3 Å². The highest BCUT2D eigenvalue weighted by Crippen LogP contribution is 2.30. The van der Waals surface area contributed by atoms with Gasteiger partial charge in [0.25, 0.3) is 0 Å². The lowest BCUT2D eigenvalue weighted by Crippen LogP contribution is -2.01. The van der Waals surface area contributed by atoms with Crippen LogP contribution in [0.2, 0.25) is 0 Å². The molecule has 1 aliphatic rings. The average molecular weight is 253 g/mol. The maximum atomic E-state index is 9.10. The van der Waals surface area contributed by atoms with Gasteiger partial charge in [-0.05, 0) is 30.9 Å². The highest BCUT2D eigenvalue weighted by Gasteiger charge is 2.17. The molecule has 1 atom stereocenters. The highest BCUT2D eigenvalue weighted by molar-refractivity contribution is 8.00. The molecule has 0 radical (unpaired) electrons. The van der Waals surface area contributed by atoms with Crippen LogP contribution >= 0.6 is 23.4 Å². The van der Waals surface area contributed by atoms with Gasteiger partial charge in [-0.25, -0.2) is 4.98 Å². The first-order valence-corrected chi connectivity index (χ1v) is 6.81. The Balaban J connectivity index is 2.33. The Kier molecular flexibility index (Phi) is 3.73. The van der Waals surface area contributed by atoms with Gasteiger partial charge in [0.2, 0.25) is 0 Å². The van der Waals surface area contributed by atoms with Crippen LogP contribution in [-0.4, -0.2) is 16.1 Å². The van der Waals surface area contributed by atoms with Gasteiger partial charge in [0.1, 0.15) is 11.1 Å². The summed E-state index contributed by atoms with van der Waals surface area (Å²) in [6.45, 7) is 2.05. The Labute approximate surface area is 105 Å². The van der Waals surface area contributed by atoms with Gasteiger partial charge in [-0.3, -0.25) is 0 Å². The number of pyridine rings is 1. The Morgan fingerprint density at radius 2 is 2.44 bits per heavy atom. The maximum Gasteiger partial charge on any atom is 0.114 e. The van der Waals surface area contributed by atoms with E-state index in [1.165, 1.54) is 11.3 Å². The van der Waals surface area contributed by atoms with Gasteiger partial charge in [0, 0.05) is 16.8 Å². The minimum atomic E-state index is 0.292. The van der Waals surface area contributed by atoms with Crippen molar-refractivity contribution in [2.24, 2.45) is 0 Å². The molecule has 1 aliphatic carbocycles. The van der Waals surface area contributed by atoms with E-state index in [1.54, 1.807) is 11.8 Å². The predicted molar refractivity (Wildman–Crippen MR) is 67.0 cm³/mol. The number of aromatic nitrogens is 1. The van der Waals surface area contributed by atoms with Crippen molar-refractivity contribution in [2.75, 3.05) is 5.88 Å². The van der Waals surface area contributed by atoms with Gasteiger partial charge >= 0.3 is 0 Å². The van der Waals surface area contributed by atoms with Crippen molar-refractivity contribution >= 4 is 23.4 Å². The molecule has 0 aromatic carbocycles. The monoisotopic (exact) mass is 252 g/mol. The second-order valence-corrected chi connectivity index (χ2v) is 5.73. The highest BCUT2D eigenvalue weighted by atomic mass is 35.5. The Hall–Kier alpha value is -0.720. The fraction of sp³-hybridized carbons (Fsp3) is 0.500. The van der Waals surface area contributed by atoms with Crippen LogP contribution < -0.4 is 0 Å². The van der Waals surface area contributed by atoms with Crippen molar-refractivity contribution in [3.8, 4) is 6.07 Å². The van der Waals surface area contributed by atoms with Crippen LogP contribution in [0.25, 0.3) is 0 Å². The molecular weight excluding hydrogens is 240 g/mol. The Morgan fingerprint density at radius 1 is 1.62 bits per heavy atom. The molecule has 2 nitrogen and oxygen atoms in total. The third-order valence-corrected chi connectivity index (χ3v) is 4.42. The SMILES string of the molecule is CC(CCl)Sc1nc2c(cc1C#N)CCC2. The van der Waals surface area contributed by atoms with Crippen molar-refractivity contribution in [1.29, 1.82) is 5.26 Å². The minimum Gasteiger partial charge on any atom is -0.245 e. The number of aryl methyl sites for hydroxylation is 2. The van der Waals surface area contributed by atoms with Crippen LogP contribution in [0.4, 0.5) is 0 Å². The summed E-state index contributed by atoms with van der Waals surface area (Å²) in [5, 5.41) is 10.2. The van der Waals surface area contributed by atoms with Gasteiger partial charge in [-0.15, -0.1) is 23.4 Å². The fourth-order valence-electron chi connectivity index (χ4n) is 1.85. The largest absolute Gasteiger partial charge is 0.245 e. The Bertz CT molecular complexity index is 439. The second-order valence-electron chi connectivity index (χ2n) is 4.00. The molecule has 1 heterocycles. The molecule has 0 fully saturated rings. The van der Waals surface area contributed by atoms with E-state index in [-0.39, 0.29) is 0 Å². The molecule has 4 heteroatoms. The van der Waals surface area contributed by atoms with Crippen molar-refractivity contribution < 1.29 is 0 Å². The molecule has 0 saturated heterocycles. The minimum absolute atomic E-state index is 0.292. The first-order valence-electron chi connectivity index (χ1n) is 5.40. The fourth-order valence-corrected chi connectivity index (χ4v) is 2.87. The number of nitrogens with zero attached hydrogens (tertiary/aromatic N) is 2. The summed E-state index contributed by atoms with van der Waals surface area (Å²) in [5.74, 6) is 0.578. The number of thioether (sulfide) groups is 1. The maximum absolute atomic E-state index is 9.10. The summed E-state index contributed by atoms with van der Waals surface area (Å²) in [5.41, 5.74) is 3.12. The summed E-state index contributed by atoms with van der Waals surface area (Å²) < 4.78 is 0. The van der Waals surface area contributed by atoms with Crippen LogP contribution in [0.1, 0.15) is 30.2 Å². The number of alkyl halides is 1. The van der Waals surface area contributed by atoms with Gasteiger partial charge in [0.05, 0.1) is 5.56 Å². The molecule has 2 rings (SSSR count).